The second-order valence-corrected chi connectivity index (χ2v) is 23.5. The molecule has 3 aromatic rings. The summed E-state index contributed by atoms with van der Waals surface area (Å²) < 4.78 is 22.2. The Hall–Kier alpha value is -2.83. The van der Waals surface area contributed by atoms with E-state index in [1.54, 1.807) is 18.5 Å². The molecule has 3 N–H and O–H groups in total. The maximum absolute atomic E-state index is 9.11. The van der Waals surface area contributed by atoms with Gasteiger partial charge < -0.3 is 24.6 Å². The first kappa shape index (κ1) is 31.1. The minimum Gasteiger partial charge on any atom is -0.414 e. The highest BCUT2D eigenvalue weighted by Crippen LogP contribution is 2.43. The maximum atomic E-state index is 9.11. The molecule has 0 amide bonds. The Balaban J connectivity index is 1.64. The number of imidazole rings is 1. The zero-order chi connectivity index (χ0) is 30.4. The van der Waals surface area contributed by atoms with Crippen molar-refractivity contribution in [2.45, 2.75) is 103 Å². The van der Waals surface area contributed by atoms with E-state index in [0.29, 0.717) is 35.6 Å². The number of anilines is 3. The molecule has 1 aromatic carbocycles. The van der Waals surface area contributed by atoms with E-state index in [9.17, 15) is 0 Å². The molecule has 10 nitrogen and oxygen atoms in total. The monoisotopic (exact) mass is 595 g/mol. The largest absolute Gasteiger partial charge is 0.414 e. The summed E-state index contributed by atoms with van der Waals surface area (Å²) in [6.07, 6.45) is 1.68. The number of ether oxygens (including phenoxy) is 1. The van der Waals surface area contributed by atoms with Crippen molar-refractivity contribution in [3.8, 4) is 6.07 Å². The van der Waals surface area contributed by atoms with E-state index in [-0.39, 0.29) is 34.5 Å². The molecule has 2 aromatic heterocycles. The van der Waals surface area contributed by atoms with Gasteiger partial charge in [0.15, 0.2) is 33.6 Å². The Labute approximate surface area is 245 Å². The van der Waals surface area contributed by atoms with E-state index < -0.39 is 16.6 Å². The van der Waals surface area contributed by atoms with Gasteiger partial charge in [-0.1, -0.05) is 41.5 Å². The Kier molecular flexibility index (Phi) is 8.43. The fraction of sp³-hybridized carbons (Fsp3) is 0.586. The highest BCUT2D eigenvalue weighted by atomic mass is 28.4. The van der Waals surface area contributed by atoms with Crippen molar-refractivity contribution in [3.63, 3.8) is 0 Å². The van der Waals surface area contributed by atoms with Crippen LogP contribution >= 0.6 is 0 Å². The van der Waals surface area contributed by atoms with Crippen molar-refractivity contribution < 1.29 is 13.6 Å². The first-order chi connectivity index (χ1) is 18.9. The fourth-order valence-corrected chi connectivity index (χ4v) is 6.58. The summed E-state index contributed by atoms with van der Waals surface area (Å²) in [4.78, 5) is 13.6. The van der Waals surface area contributed by atoms with Crippen molar-refractivity contribution in [1.29, 1.82) is 5.26 Å². The van der Waals surface area contributed by atoms with Crippen LogP contribution in [0.2, 0.25) is 36.3 Å². The van der Waals surface area contributed by atoms with E-state index in [1.807, 2.05) is 16.7 Å². The number of hydrogen-bond acceptors (Lipinski definition) is 9. The Morgan fingerprint density at radius 3 is 2.27 bits per heavy atom. The van der Waals surface area contributed by atoms with Gasteiger partial charge in [0, 0.05) is 12.1 Å². The predicted octanol–water partition coefficient (Wildman–Crippen LogP) is 6.72. The number of hydrogen-bond donors (Lipinski definition) is 2. The van der Waals surface area contributed by atoms with Crippen LogP contribution in [0.3, 0.4) is 0 Å². The van der Waals surface area contributed by atoms with Crippen LogP contribution in [-0.2, 0) is 13.6 Å². The van der Waals surface area contributed by atoms with Crippen LogP contribution in [0, 0.1) is 11.3 Å². The third-order valence-corrected chi connectivity index (χ3v) is 17.9. The molecule has 3 heterocycles. The molecular formula is C29H45N7O3Si2. The smallest absolute Gasteiger partial charge is 0.224 e. The minimum atomic E-state index is -2.08. The number of nitrogens with two attached hydrogens (primary N) is 1. The molecule has 0 spiro atoms. The summed E-state index contributed by atoms with van der Waals surface area (Å²) in [5.41, 5.74) is 8.65. The SMILES string of the molecule is CC(C)(C)[Si](C)(C)OC[C@H]1O[C@@H](n2cnc3c(Nc4ccc(C#N)cc4)nc(N)nc32)C[C@@H]1O[Si](C)(C)C(C)(C)C. The van der Waals surface area contributed by atoms with Crippen molar-refractivity contribution >= 4 is 45.3 Å². The first-order valence-electron chi connectivity index (χ1n) is 14.2. The van der Waals surface area contributed by atoms with Gasteiger partial charge >= 0.3 is 0 Å². The van der Waals surface area contributed by atoms with Crippen LogP contribution in [-0.4, -0.2) is 55.0 Å². The van der Waals surface area contributed by atoms with Gasteiger partial charge in [-0.25, -0.2) is 4.98 Å². The topological polar surface area (TPSA) is 133 Å². The molecule has 4 rings (SSSR count). The van der Waals surface area contributed by atoms with Crippen molar-refractivity contribution in [3.05, 3.63) is 36.2 Å². The van der Waals surface area contributed by atoms with E-state index in [1.165, 1.54) is 0 Å². The van der Waals surface area contributed by atoms with E-state index in [2.05, 4.69) is 94.1 Å². The van der Waals surface area contributed by atoms with Gasteiger partial charge in [-0.3, -0.25) is 4.57 Å². The van der Waals surface area contributed by atoms with Crippen molar-refractivity contribution in [1.82, 2.24) is 19.5 Å². The molecule has 0 aliphatic carbocycles. The van der Waals surface area contributed by atoms with Crippen LogP contribution in [0.4, 0.5) is 17.5 Å². The number of fused-ring (bicyclic) bond motifs is 1. The molecule has 222 valence electrons. The molecule has 0 bridgehead atoms. The predicted molar refractivity (Wildman–Crippen MR) is 168 cm³/mol. The number of nitrogens with one attached hydrogen (secondary N) is 1. The van der Waals surface area contributed by atoms with Gasteiger partial charge in [0.25, 0.3) is 0 Å². The van der Waals surface area contributed by atoms with Gasteiger partial charge in [0.05, 0.1) is 30.7 Å². The van der Waals surface area contributed by atoms with Crippen LogP contribution < -0.4 is 11.1 Å². The zero-order valence-corrected chi connectivity index (χ0v) is 28.1. The number of nitriles is 1. The van der Waals surface area contributed by atoms with Gasteiger partial charge in [0.1, 0.15) is 12.3 Å². The Morgan fingerprint density at radius 2 is 1.68 bits per heavy atom. The minimum absolute atomic E-state index is 0.0608. The standard InChI is InChI=1S/C29H45N7O3Si2/c1-28(2,3)40(7,8)37-17-22-21(39-41(9,10)29(4,5)6)15-23(38-22)36-18-32-24-25(34-27(31)35-26(24)36)33-20-13-11-19(16-30)12-14-20/h11-14,18,21-23H,15,17H2,1-10H3,(H3,31,33,34,35)/t21-,22+,23+/m0/s1. The molecule has 1 aliphatic rings. The van der Waals surface area contributed by atoms with E-state index in [0.717, 1.165) is 5.69 Å². The quantitative estimate of drug-likeness (QED) is 0.272. The van der Waals surface area contributed by atoms with Gasteiger partial charge in [-0.05, 0) is 60.5 Å². The molecule has 3 atom stereocenters. The van der Waals surface area contributed by atoms with Crippen LogP contribution in [0.1, 0.15) is 59.8 Å². The van der Waals surface area contributed by atoms with E-state index >= 15 is 0 Å². The Morgan fingerprint density at radius 1 is 1.05 bits per heavy atom. The summed E-state index contributed by atoms with van der Waals surface area (Å²) >= 11 is 0. The normalized spacial score (nSPS) is 20.4. The summed E-state index contributed by atoms with van der Waals surface area (Å²) in [6.45, 7) is 23.0. The lowest BCUT2D eigenvalue weighted by Crippen LogP contribution is -2.48. The lowest BCUT2D eigenvalue weighted by atomic mass is 10.2. The van der Waals surface area contributed by atoms with E-state index in [4.69, 9.17) is 24.6 Å². The first-order valence-corrected chi connectivity index (χ1v) is 20.0. The second-order valence-electron chi connectivity index (χ2n) is 13.9. The molecule has 0 radical (unpaired) electrons. The summed E-state index contributed by atoms with van der Waals surface area (Å²) in [5.74, 6) is 0.612. The molecule has 0 saturated carbocycles. The lowest BCUT2D eigenvalue weighted by Gasteiger charge is -2.40. The second kappa shape index (κ2) is 11.1. The van der Waals surface area contributed by atoms with Crippen molar-refractivity contribution in [2.75, 3.05) is 17.7 Å². The van der Waals surface area contributed by atoms with Gasteiger partial charge in [0.2, 0.25) is 5.95 Å². The van der Waals surface area contributed by atoms with Gasteiger partial charge in [-0.15, -0.1) is 0 Å². The third kappa shape index (κ3) is 6.65. The maximum Gasteiger partial charge on any atom is 0.224 e. The average molecular weight is 596 g/mol. The van der Waals surface area contributed by atoms with Crippen molar-refractivity contribution in [2.24, 2.45) is 0 Å². The summed E-state index contributed by atoms with van der Waals surface area (Å²) in [5, 5.41) is 12.5. The lowest BCUT2D eigenvalue weighted by molar-refractivity contribution is -0.0383. The van der Waals surface area contributed by atoms with Crippen LogP contribution in [0.15, 0.2) is 30.6 Å². The molecule has 1 saturated heterocycles. The molecule has 1 fully saturated rings. The molecule has 1 aliphatic heterocycles. The average Bonchev–Trinajstić information content (AvgIpc) is 3.45. The number of nitrogens with zero attached hydrogens (tertiary/aromatic N) is 5. The molecular weight excluding hydrogens is 551 g/mol. The molecule has 41 heavy (non-hydrogen) atoms. The summed E-state index contributed by atoms with van der Waals surface area (Å²) in [6, 6.07) is 9.24. The number of nitrogen functional groups attached to an aromatic ring is 1. The highest BCUT2D eigenvalue weighted by molar-refractivity contribution is 6.74. The molecule has 12 heteroatoms. The molecule has 0 unspecified atom stereocenters. The number of aromatic nitrogens is 4. The zero-order valence-electron chi connectivity index (χ0n) is 26.1. The third-order valence-electron chi connectivity index (χ3n) is 8.87. The fourth-order valence-electron chi connectivity index (χ4n) is 4.20. The highest BCUT2D eigenvalue weighted by Gasteiger charge is 2.47. The number of benzene rings is 1. The Bertz CT molecular complexity index is 1420. The van der Waals surface area contributed by atoms with Crippen LogP contribution in [0.25, 0.3) is 11.2 Å². The summed E-state index contributed by atoms with van der Waals surface area (Å²) in [7, 11) is -4.08. The van der Waals surface area contributed by atoms with Crippen LogP contribution in [0.5, 0.6) is 0 Å². The van der Waals surface area contributed by atoms with Gasteiger partial charge in [-0.2, -0.15) is 15.2 Å². The number of rotatable bonds is 8.